The molecule has 10 nitrogen and oxygen atoms in total. The van der Waals surface area contributed by atoms with Crippen molar-refractivity contribution in [1.29, 1.82) is 0 Å². The second-order valence-electron chi connectivity index (χ2n) is 6.60. The molecule has 0 aliphatic rings. The van der Waals surface area contributed by atoms with Gasteiger partial charge in [0, 0.05) is 35.3 Å². The fourth-order valence-electron chi connectivity index (χ4n) is 2.93. The van der Waals surface area contributed by atoms with Gasteiger partial charge in [-0.2, -0.15) is 8.42 Å². The molecule has 3 aromatic heterocycles. The Morgan fingerprint density at radius 3 is 2.52 bits per heavy atom. The van der Waals surface area contributed by atoms with Gasteiger partial charge in [-0.05, 0) is 30.3 Å². The van der Waals surface area contributed by atoms with Crippen LogP contribution in [0.3, 0.4) is 0 Å². The molecule has 162 valence electrons. The van der Waals surface area contributed by atoms with Crippen LogP contribution in [0.1, 0.15) is 5.69 Å². The zero-order valence-electron chi connectivity index (χ0n) is 16.1. The van der Waals surface area contributed by atoms with E-state index >= 15 is 0 Å². The third kappa shape index (κ3) is 5.45. The Morgan fingerprint density at radius 1 is 1.16 bits per heavy atom. The van der Waals surface area contributed by atoms with Crippen LogP contribution in [0.4, 0.5) is 0 Å². The normalized spacial score (nSPS) is 11.3. The molecule has 12 heteroatoms. The molecule has 3 heterocycles. The van der Waals surface area contributed by atoms with Crippen LogP contribution >= 0.6 is 11.6 Å². The minimum atomic E-state index is -3.67. The van der Waals surface area contributed by atoms with E-state index in [1.165, 1.54) is 6.07 Å². The van der Waals surface area contributed by atoms with Gasteiger partial charge in [-0.1, -0.05) is 17.7 Å². The van der Waals surface area contributed by atoms with Gasteiger partial charge in [0.1, 0.15) is 10.9 Å². The third-order valence-corrected chi connectivity index (χ3v) is 4.44. The lowest BCUT2D eigenvalue weighted by molar-refractivity contribution is 0.490. The molecule has 0 spiro atoms. The Kier molecular flexibility index (Phi) is 6.39. The summed E-state index contributed by atoms with van der Waals surface area (Å²) >= 11 is 5.94. The second kappa shape index (κ2) is 8.84. The lowest BCUT2D eigenvalue weighted by atomic mass is 10.1. The van der Waals surface area contributed by atoms with Gasteiger partial charge >= 0.3 is 0 Å². The number of H-pyrrole nitrogens is 2. The van der Waals surface area contributed by atoms with Gasteiger partial charge < -0.3 is 4.98 Å². The largest absolute Gasteiger partial charge is 0.350 e. The molecule has 0 bridgehead atoms. The predicted molar refractivity (Wildman–Crippen MR) is 117 cm³/mol. The summed E-state index contributed by atoms with van der Waals surface area (Å²) < 4.78 is 27.0. The summed E-state index contributed by atoms with van der Waals surface area (Å²) in [6.45, 7) is 0.207. The van der Waals surface area contributed by atoms with Gasteiger partial charge in [-0.3, -0.25) is 29.0 Å². The minimum Gasteiger partial charge on any atom is -0.350 e. The Morgan fingerprint density at radius 2 is 1.87 bits per heavy atom. The summed E-state index contributed by atoms with van der Waals surface area (Å²) in [5.74, 6) is 0. The number of nitrogens with zero attached hydrogens (tertiary/aromatic N) is 2. The quantitative estimate of drug-likeness (QED) is 0.305. The number of halogens is 1. The molecule has 0 aliphatic heterocycles. The molecule has 3 N–H and O–H groups in total. The monoisotopic (exact) mass is 464 g/mol. The van der Waals surface area contributed by atoms with E-state index in [1.54, 1.807) is 24.4 Å². The van der Waals surface area contributed by atoms with E-state index in [9.17, 15) is 22.8 Å². The third-order valence-electron chi connectivity index (χ3n) is 4.20. The van der Waals surface area contributed by atoms with E-state index in [0.717, 1.165) is 10.4 Å². The van der Waals surface area contributed by atoms with Crippen molar-refractivity contribution in [3.63, 3.8) is 0 Å². The first-order valence-electron chi connectivity index (χ1n) is 8.85. The summed E-state index contributed by atoms with van der Waals surface area (Å²) in [5.41, 5.74) is -0.446. The maximum Gasteiger partial charge on any atom is 0.287 e. The van der Waals surface area contributed by atoms with Crippen molar-refractivity contribution in [2.24, 2.45) is 0 Å². The molecule has 0 atom stereocenters. The van der Waals surface area contributed by atoms with Crippen LogP contribution in [0, 0.1) is 0 Å². The fourth-order valence-corrected chi connectivity index (χ4v) is 3.10. The highest BCUT2D eigenvalue weighted by atomic mass is 35.5. The number of aryl methyl sites for hydroxylation is 2. The number of nitrogens with one attached hydrogen (secondary N) is 2. The van der Waals surface area contributed by atoms with Gasteiger partial charge in [0.15, 0.2) is 0 Å². The maximum absolute atomic E-state index is 12.8. The van der Waals surface area contributed by atoms with E-state index in [0.29, 0.717) is 28.6 Å². The highest BCUT2D eigenvalue weighted by Gasteiger charge is 2.14. The number of rotatable bonds is 3. The van der Waals surface area contributed by atoms with Crippen molar-refractivity contribution in [3.05, 3.63) is 84.2 Å². The molecule has 0 amide bonds. The first-order chi connectivity index (χ1) is 14.5. The average Bonchev–Trinajstić information content (AvgIpc) is 2.69. The molecule has 0 radical (unpaired) electrons. The Bertz CT molecular complexity index is 1530. The molecule has 0 aliphatic carbocycles. The zero-order chi connectivity index (χ0) is 22.8. The number of fused-ring (bicyclic) bond motifs is 2. The number of aromatic amines is 2. The number of benzene rings is 1. The SMILES string of the molecule is CS(=O)(=O)O.O=c1[nH]n(CCc2ccccn2)c(=O)c2c(=O)c3ccc(Cl)cc3[nH]c12. The van der Waals surface area contributed by atoms with Crippen LogP contribution in [0.2, 0.25) is 5.02 Å². The van der Waals surface area contributed by atoms with E-state index in [1.807, 2.05) is 12.1 Å². The van der Waals surface area contributed by atoms with Crippen molar-refractivity contribution in [2.75, 3.05) is 6.26 Å². The minimum absolute atomic E-state index is 0.0520. The lowest BCUT2D eigenvalue weighted by Crippen LogP contribution is -2.34. The van der Waals surface area contributed by atoms with Crippen LogP contribution in [0.25, 0.3) is 21.8 Å². The van der Waals surface area contributed by atoms with Crippen LogP contribution in [0.5, 0.6) is 0 Å². The van der Waals surface area contributed by atoms with Crippen molar-refractivity contribution in [2.45, 2.75) is 13.0 Å². The summed E-state index contributed by atoms with van der Waals surface area (Å²) in [7, 11) is -3.67. The molecule has 4 rings (SSSR count). The van der Waals surface area contributed by atoms with Crippen molar-refractivity contribution < 1.29 is 13.0 Å². The molecule has 0 unspecified atom stereocenters. The first kappa shape index (κ1) is 22.4. The predicted octanol–water partition coefficient (Wildman–Crippen LogP) is 1.33. The average molecular weight is 465 g/mol. The molecular formula is C19H17ClN4O6S. The summed E-state index contributed by atoms with van der Waals surface area (Å²) in [5, 5.41) is 3.08. The van der Waals surface area contributed by atoms with E-state index in [2.05, 4.69) is 15.1 Å². The standard InChI is InChI=1S/C18H13ClN4O3.CH4O3S/c19-10-4-5-12-13(9-10)21-15-14(16(12)24)18(26)23(22-17(15)25)8-6-11-3-1-2-7-20-11;1-5(2,3)4/h1-5,7,9H,6,8H2,(H,21,24)(H,22,25);1H3,(H,2,3,4). The molecule has 1 aromatic carbocycles. The fraction of sp³-hybridized carbons (Fsp3) is 0.158. The zero-order valence-corrected chi connectivity index (χ0v) is 17.7. The van der Waals surface area contributed by atoms with Gasteiger partial charge in [-0.25, -0.2) is 4.68 Å². The number of hydrogen-bond donors (Lipinski definition) is 3. The second-order valence-corrected chi connectivity index (χ2v) is 8.50. The molecule has 31 heavy (non-hydrogen) atoms. The van der Waals surface area contributed by atoms with Crippen LogP contribution in [0.15, 0.2) is 57.0 Å². The highest BCUT2D eigenvalue weighted by molar-refractivity contribution is 7.85. The first-order valence-corrected chi connectivity index (χ1v) is 11.1. The van der Waals surface area contributed by atoms with Gasteiger partial charge in [0.25, 0.3) is 21.2 Å². The van der Waals surface area contributed by atoms with Crippen molar-refractivity contribution >= 4 is 43.5 Å². The van der Waals surface area contributed by atoms with E-state index in [4.69, 9.17) is 16.2 Å². The maximum atomic E-state index is 12.8. The van der Waals surface area contributed by atoms with Crippen LogP contribution in [-0.2, 0) is 23.1 Å². The van der Waals surface area contributed by atoms with E-state index in [-0.39, 0.29) is 17.4 Å². The lowest BCUT2D eigenvalue weighted by Gasteiger charge is -2.08. The Labute approximate surface area is 179 Å². The van der Waals surface area contributed by atoms with Gasteiger partial charge in [0.05, 0.1) is 11.8 Å². The van der Waals surface area contributed by atoms with Crippen molar-refractivity contribution in [1.82, 2.24) is 19.7 Å². The molecule has 0 saturated heterocycles. The molecular weight excluding hydrogens is 448 g/mol. The molecule has 0 saturated carbocycles. The smallest absolute Gasteiger partial charge is 0.287 e. The summed E-state index contributed by atoms with van der Waals surface area (Å²) in [4.78, 5) is 45.0. The van der Waals surface area contributed by atoms with Crippen LogP contribution in [-0.4, -0.2) is 39.0 Å². The summed E-state index contributed by atoms with van der Waals surface area (Å²) in [6, 6.07) is 10.1. The highest BCUT2D eigenvalue weighted by Crippen LogP contribution is 2.16. The number of pyridine rings is 2. The van der Waals surface area contributed by atoms with Crippen LogP contribution < -0.4 is 16.5 Å². The van der Waals surface area contributed by atoms with Crippen molar-refractivity contribution in [3.8, 4) is 0 Å². The topological polar surface area (TPSA) is 155 Å². The number of hydrogen-bond acceptors (Lipinski definition) is 6. The molecule has 0 fully saturated rings. The Hall–Kier alpha value is -3.28. The van der Waals surface area contributed by atoms with E-state index < -0.39 is 26.7 Å². The Balaban J connectivity index is 0.000000491. The van der Waals surface area contributed by atoms with Gasteiger partial charge in [0.2, 0.25) is 5.43 Å². The summed E-state index contributed by atoms with van der Waals surface area (Å²) in [6.07, 6.45) is 2.82. The molecule has 4 aromatic rings. The van der Waals surface area contributed by atoms with Gasteiger partial charge in [-0.15, -0.1) is 0 Å². The number of aromatic nitrogens is 4.